The molecule has 0 atom stereocenters. The fourth-order valence-electron chi connectivity index (χ4n) is 1.77. The summed E-state index contributed by atoms with van der Waals surface area (Å²) in [5, 5.41) is 0. The molecule has 1 aliphatic carbocycles. The average molecular weight is 182 g/mol. The Morgan fingerprint density at radius 1 is 1.08 bits per heavy atom. The summed E-state index contributed by atoms with van der Waals surface area (Å²) in [5.74, 6) is 0.683. The van der Waals surface area contributed by atoms with Crippen LogP contribution < -0.4 is 0 Å². The minimum absolute atomic E-state index is 0.387. The molecule has 1 saturated carbocycles. The summed E-state index contributed by atoms with van der Waals surface area (Å²) in [7, 11) is 0. The fraction of sp³-hybridized carbons (Fsp3) is 0.636. The lowest BCUT2D eigenvalue weighted by atomic mass is 9.88. The van der Waals surface area contributed by atoms with Crippen LogP contribution >= 0.6 is 0 Å². The van der Waals surface area contributed by atoms with Crippen molar-refractivity contribution in [3.63, 3.8) is 0 Å². The molecule has 0 amide bonds. The van der Waals surface area contributed by atoms with Crippen LogP contribution in [0.3, 0.4) is 0 Å². The quantitative estimate of drug-likeness (QED) is 0.609. The van der Waals surface area contributed by atoms with Crippen LogP contribution in [0, 0.1) is 5.92 Å². The minimum Gasteiger partial charge on any atom is -0.502 e. The zero-order chi connectivity index (χ0) is 9.52. The predicted octanol–water partition coefficient (Wildman–Crippen LogP) is 2.87. The smallest absolute Gasteiger partial charge is 0.0978 e. The predicted molar refractivity (Wildman–Crippen MR) is 53.2 cm³/mol. The van der Waals surface area contributed by atoms with Crippen molar-refractivity contribution >= 4 is 0 Å². The summed E-state index contributed by atoms with van der Waals surface area (Å²) in [4.78, 5) is 0. The molecule has 0 spiro atoms. The number of hydrogen-bond acceptors (Lipinski definition) is 2. The van der Waals surface area contributed by atoms with Gasteiger partial charge in [0.05, 0.1) is 25.2 Å². The van der Waals surface area contributed by atoms with Gasteiger partial charge in [-0.1, -0.05) is 13.2 Å². The molecule has 0 aromatic rings. The van der Waals surface area contributed by atoms with Crippen molar-refractivity contribution in [2.24, 2.45) is 5.92 Å². The van der Waals surface area contributed by atoms with Crippen molar-refractivity contribution in [1.29, 1.82) is 0 Å². The average Bonchev–Trinajstić information content (AvgIpc) is 2.17. The molecule has 1 rings (SSSR count). The van der Waals surface area contributed by atoms with Crippen LogP contribution in [0.1, 0.15) is 25.7 Å². The van der Waals surface area contributed by atoms with E-state index in [4.69, 9.17) is 9.47 Å². The van der Waals surface area contributed by atoms with E-state index in [0.29, 0.717) is 12.0 Å². The summed E-state index contributed by atoms with van der Waals surface area (Å²) in [6, 6.07) is 0. The van der Waals surface area contributed by atoms with E-state index >= 15 is 0 Å². The van der Waals surface area contributed by atoms with E-state index in [2.05, 4.69) is 13.2 Å². The van der Waals surface area contributed by atoms with Gasteiger partial charge in [0.25, 0.3) is 0 Å². The third kappa shape index (κ3) is 3.53. The number of hydrogen-bond donors (Lipinski definition) is 0. The van der Waals surface area contributed by atoms with Crippen LogP contribution in [-0.2, 0) is 9.47 Å². The Morgan fingerprint density at radius 2 is 1.77 bits per heavy atom. The molecule has 0 N–H and O–H groups in total. The van der Waals surface area contributed by atoms with Crippen LogP contribution in [0.5, 0.6) is 0 Å². The highest BCUT2D eigenvalue weighted by molar-refractivity contribution is 4.74. The first-order valence-electron chi connectivity index (χ1n) is 4.85. The Bertz CT molecular complexity index is 157. The van der Waals surface area contributed by atoms with Crippen molar-refractivity contribution in [3.8, 4) is 0 Å². The first-order chi connectivity index (χ1) is 6.36. The Labute approximate surface area is 80.2 Å². The highest BCUT2D eigenvalue weighted by Gasteiger charge is 2.21. The first kappa shape index (κ1) is 10.2. The molecule has 1 fully saturated rings. The fourth-order valence-corrected chi connectivity index (χ4v) is 1.77. The molecule has 0 saturated heterocycles. The van der Waals surface area contributed by atoms with Gasteiger partial charge in [0.15, 0.2) is 0 Å². The summed E-state index contributed by atoms with van der Waals surface area (Å²) >= 11 is 0. The number of rotatable bonds is 5. The molecule has 0 aliphatic heterocycles. The second-order valence-corrected chi connectivity index (χ2v) is 3.45. The summed E-state index contributed by atoms with van der Waals surface area (Å²) in [5.41, 5.74) is 0. The van der Waals surface area contributed by atoms with Gasteiger partial charge in [-0.3, -0.25) is 0 Å². The molecular formula is C11H18O2. The van der Waals surface area contributed by atoms with Crippen molar-refractivity contribution in [3.05, 3.63) is 25.7 Å². The lowest BCUT2D eigenvalue weighted by Crippen LogP contribution is -2.22. The number of ether oxygens (including phenoxy) is 2. The SMILES string of the molecule is C=COCC1CCC(OC=C)CC1. The van der Waals surface area contributed by atoms with Gasteiger partial charge < -0.3 is 9.47 Å². The highest BCUT2D eigenvalue weighted by atomic mass is 16.5. The standard InChI is InChI=1S/C11H18O2/c1-3-12-9-10-5-7-11(8-6-10)13-4-2/h3-4,10-11H,1-2,5-9H2. The Kier molecular flexibility index (Phi) is 4.44. The molecule has 0 aromatic heterocycles. The van der Waals surface area contributed by atoms with Gasteiger partial charge in [-0.2, -0.15) is 0 Å². The topological polar surface area (TPSA) is 18.5 Å². The van der Waals surface area contributed by atoms with Crippen molar-refractivity contribution in [2.75, 3.05) is 6.61 Å². The third-order valence-electron chi connectivity index (χ3n) is 2.53. The zero-order valence-corrected chi connectivity index (χ0v) is 8.08. The lowest BCUT2D eigenvalue weighted by molar-refractivity contribution is 0.0690. The molecule has 0 aromatic carbocycles. The van der Waals surface area contributed by atoms with Crippen LogP contribution in [0.25, 0.3) is 0 Å². The van der Waals surface area contributed by atoms with Gasteiger partial charge in [0, 0.05) is 0 Å². The maximum Gasteiger partial charge on any atom is 0.0978 e. The van der Waals surface area contributed by atoms with Crippen molar-refractivity contribution in [1.82, 2.24) is 0 Å². The van der Waals surface area contributed by atoms with E-state index in [9.17, 15) is 0 Å². The minimum atomic E-state index is 0.387. The molecule has 0 radical (unpaired) electrons. The van der Waals surface area contributed by atoms with Crippen LogP contribution in [0.15, 0.2) is 25.7 Å². The van der Waals surface area contributed by atoms with Crippen LogP contribution in [-0.4, -0.2) is 12.7 Å². The van der Waals surface area contributed by atoms with E-state index in [1.165, 1.54) is 19.1 Å². The molecule has 13 heavy (non-hydrogen) atoms. The second-order valence-electron chi connectivity index (χ2n) is 3.45. The van der Waals surface area contributed by atoms with E-state index in [-0.39, 0.29) is 0 Å². The van der Waals surface area contributed by atoms with Gasteiger partial charge in [0.2, 0.25) is 0 Å². The molecular weight excluding hydrogens is 164 g/mol. The summed E-state index contributed by atoms with van der Waals surface area (Å²) in [6.45, 7) is 7.90. The first-order valence-corrected chi connectivity index (χ1v) is 4.85. The molecule has 74 valence electrons. The Morgan fingerprint density at radius 3 is 2.31 bits per heavy atom. The van der Waals surface area contributed by atoms with Crippen molar-refractivity contribution in [2.45, 2.75) is 31.8 Å². The molecule has 0 unspecified atom stereocenters. The van der Waals surface area contributed by atoms with Crippen LogP contribution in [0.2, 0.25) is 0 Å². The molecule has 2 heteroatoms. The van der Waals surface area contributed by atoms with Gasteiger partial charge in [0.1, 0.15) is 0 Å². The normalized spacial score (nSPS) is 27.7. The third-order valence-corrected chi connectivity index (χ3v) is 2.53. The van der Waals surface area contributed by atoms with Gasteiger partial charge >= 0.3 is 0 Å². The largest absolute Gasteiger partial charge is 0.502 e. The van der Waals surface area contributed by atoms with Gasteiger partial charge in [-0.05, 0) is 31.6 Å². The Hall–Kier alpha value is -0.920. The summed E-state index contributed by atoms with van der Waals surface area (Å²) in [6.07, 6.45) is 8.07. The Balaban J connectivity index is 2.14. The molecule has 0 heterocycles. The maximum absolute atomic E-state index is 5.34. The van der Waals surface area contributed by atoms with Crippen molar-refractivity contribution < 1.29 is 9.47 Å². The van der Waals surface area contributed by atoms with E-state index in [1.807, 2.05) is 0 Å². The van der Waals surface area contributed by atoms with E-state index in [1.54, 1.807) is 6.26 Å². The second kappa shape index (κ2) is 5.68. The van der Waals surface area contributed by atoms with E-state index in [0.717, 1.165) is 19.4 Å². The molecule has 2 nitrogen and oxygen atoms in total. The lowest BCUT2D eigenvalue weighted by Gasteiger charge is -2.27. The monoisotopic (exact) mass is 182 g/mol. The van der Waals surface area contributed by atoms with Gasteiger partial charge in [-0.25, -0.2) is 0 Å². The molecule has 0 bridgehead atoms. The zero-order valence-electron chi connectivity index (χ0n) is 8.08. The molecule has 1 aliphatic rings. The van der Waals surface area contributed by atoms with E-state index < -0.39 is 0 Å². The maximum atomic E-state index is 5.34. The summed E-state index contributed by atoms with van der Waals surface area (Å²) < 4.78 is 10.5. The van der Waals surface area contributed by atoms with Crippen LogP contribution in [0.4, 0.5) is 0 Å². The highest BCUT2D eigenvalue weighted by Crippen LogP contribution is 2.26. The van der Waals surface area contributed by atoms with Gasteiger partial charge in [-0.15, -0.1) is 0 Å².